The number of thioether (sulfide) groups is 1. The van der Waals surface area contributed by atoms with Gasteiger partial charge in [-0.1, -0.05) is 0 Å². The number of nitrogens with one attached hydrogen (secondary N) is 1. The molecule has 0 aromatic rings. The van der Waals surface area contributed by atoms with Gasteiger partial charge in [0.25, 0.3) is 0 Å². The van der Waals surface area contributed by atoms with Crippen molar-refractivity contribution in [2.24, 2.45) is 5.92 Å². The van der Waals surface area contributed by atoms with Gasteiger partial charge in [-0.25, -0.2) is 0 Å². The van der Waals surface area contributed by atoms with Crippen LogP contribution in [0.4, 0.5) is 4.79 Å². The molecule has 1 aliphatic heterocycles. The molecule has 1 aliphatic carbocycles. The summed E-state index contributed by atoms with van der Waals surface area (Å²) in [6, 6.07) is 0. The molecule has 2 unspecified atom stereocenters. The summed E-state index contributed by atoms with van der Waals surface area (Å²) in [6.07, 6.45) is 6.11. The number of amides is 2. The van der Waals surface area contributed by atoms with Crippen molar-refractivity contribution >= 4 is 26.8 Å². The molecule has 0 aromatic heterocycles. The summed E-state index contributed by atoms with van der Waals surface area (Å²) in [5.74, 6) is 0.648. The summed E-state index contributed by atoms with van der Waals surface area (Å²) < 4.78 is 6.39. The minimum atomic E-state index is -0.271. The molecular weight excluding hydrogens is 446 g/mol. The fourth-order valence-corrected chi connectivity index (χ4v) is 5.32. The second-order valence-electron chi connectivity index (χ2n) is 4.87. The first-order valence-electron chi connectivity index (χ1n) is 6.52. The van der Waals surface area contributed by atoms with E-state index in [0.29, 0.717) is 5.76 Å². The molecular formula is C14H17NO3SW. The quantitative estimate of drug-likeness (QED) is 0.516. The monoisotopic (exact) mass is 463 g/mol. The van der Waals surface area contributed by atoms with Gasteiger partial charge in [-0.2, -0.15) is 0 Å². The molecule has 1 heterocycles. The maximum absolute atomic E-state index is 11.9. The number of ether oxygens (including phenoxy) is 1. The van der Waals surface area contributed by atoms with E-state index < -0.39 is 0 Å². The molecule has 1 saturated carbocycles. The van der Waals surface area contributed by atoms with Crippen LogP contribution in [-0.2, 0) is 28.9 Å². The van der Waals surface area contributed by atoms with Crippen LogP contribution in [0.2, 0.25) is 0 Å². The van der Waals surface area contributed by atoms with Crippen molar-refractivity contribution in [1.29, 1.82) is 0 Å². The first-order chi connectivity index (χ1) is 9.52. The van der Waals surface area contributed by atoms with Crippen LogP contribution < -0.4 is 5.32 Å². The third-order valence-electron chi connectivity index (χ3n) is 3.55. The van der Waals surface area contributed by atoms with Crippen LogP contribution in [0.25, 0.3) is 0 Å². The number of methoxy groups -OCH3 is 1. The number of allylic oxidation sites excluding steroid dienone is 2. The second-order valence-corrected chi connectivity index (χ2v) is 7.57. The Balaban J connectivity index is 2.22. The zero-order valence-electron chi connectivity index (χ0n) is 11.3. The Kier molecular flexibility index (Phi) is 5.39. The number of hydrogen-bond donors (Lipinski definition) is 1. The Morgan fingerprint density at radius 2 is 2.25 bits per heavy atom. The Morgan fingerprint density at radius 3 is 2.85 bits per heavy atom. The third kappa shape index (κ3) is 3.50. The van der Waals surface area contributed by atoms with Gasteiger partial charge in [0.1, 0.15) is 0 Å². The van der Waals surface area contributed by atoms with E-state index in [1.807, 2.05) is 6.08 Å². The maximum atomic E-state index is 11.9. The van der Waals surface area contributed by atoms with Crippen LogP contribution in [0.3, 0.4) is 0 Å². The fourth-order valence-electron chi connectivity index (χ4n) is 2.49. The van der Waals surface area contributed by atoms with Crippen molar-refractivity contribution in [3.05, 3.63) is 24.0 Å². The SMILES string of the molecule is C=C(C=C1CCCCC(C2SC(=O)NC2=O)[C]1=[W])OC. The van der Waals surface area contributed by atoms with Gasteiger partial charge in [0.05, 0.1) is 0 Å². The third-order valence-corrected chi connectivity index (χ3v) is 6.69. The van der Waals surface area contributed by atoms with Gasteiger partial charge in [0.2, 0.25) is 0 Å². The Labute approximate surface area is 133 Å². The predicted molar refractivity (Wildman–Crippen MR) is 76.1 cm³/mol. The molecule has 6 heteroatoms. The standard InChI is InChI=1S/C14H17NO3S.W/c1-9(18-2)7-10-5-3-4-6-11(8-10)12-13(16)15-14(17)19-12;/h7,11-12H,1,3-6H2,2H3,(H,15,16,17);. The summed E-state index contributed by atoms with van der Waals surface area (Å²) >= 11 is 2.49. The topological polar surface area (TPSA) is 55.4 Å². The average molecular weight is 463 g/mol. The molecule has 108 valence electrons. The van der Waals surface area contributed by atoms with Gasteiger partial charge in [-0.15, -0.1) is 0 Å². The Morgan fingerprint density at radius 1 is 1.50 bits per heavy atom. The molecule has 0 spiro atoms. The van der Waals surface area contributed by atoms with Crippen LogP contribution >= 0.6 is 11.8 Å². The first kappa shape index (κ1) is 15.7. The molecule has 4 nitrogen and oxygen atoms in total. The first-order valence-corrected chi connectivity index (χ1v) is 8.86. The molecule has 1 N–H and O–H groups in total. The van der Waals surface area contributed by atoms with Crippen molar-refractivity contribution in [2.75, 3.05) is 7.11 Å². The molecule has 2 rings (SSSR count). The Hall–Kier alpha value is -0.672. The van der Waals surface area contributed by atoms with Crippen molar-refractivity contribution < 1.29 is 33.7 Å². The summed E-state index contributed by atoms with van der Waals surface area (Å²) in [7, 11) is 1.61. The number of carbonyl (C=O) groups is 2. The van der Waals surface area contributed by atoms with Crippen LogP contribution in [0, 0.1) is 5.92 Å². The second kappa shape index (κ2) is 6.86. The van der Waals surface area contributed by atoms with E-state index in [1.54, 1.807) is 7.11 Å². The van der Waals surface area contributed by atoms with E-state index in [1.165, 1.54) is 28.8 Å². The number of rotatable bonds is 3. The van der Waals surface area contributed by atoms with Gasteiger partial charge < -0.3 is 0 Å². The van der Waals surface area contributed by atoms with E-state index in [0.717, 1.165) is 37.4 Å². The molecule has 2 amide bonds. The van der Waals surface area contributed by atoms with E-state index in [-0.39, 0.29) is 22.3 Å². The summed E-state index contributed by atoms with van der Waals surface area (Å²) in [5.41, 5.74) is 1.22. The van der Waals surface area contributed by atoms with Gasteiger partial charge in [-0.3, -0.25) is 0 Å². The predicted octanol–water partition coefficient (Wildman–Crippen LogP) is 2.33. The van der Waals surface area contributed by atoms with Crippen LogP contribution in [0.15, 0.2) is 24.0 Å². The van der Waals surface area contributed by atoms with Crippen molar-refractivity contribution in [2.45, 2.75) is 30.9 Å². The van der Waals surface area contributed by atoms with E-state index in [4.69, 9.17) is 4.74 Å². The zero-order chi connectivity index (χ0) is 14.7. The molecule has 2 fully saturated rings. The molecule has 0 aromatic carbocycles. The van der Waals surface area contributed by atoms with E-state index in [2.05, 4.69) is 11.9 Å². The van der Waals surface area contributed by atoms with E-state index in [9.17, 15) is 9.59 Å². The molecule has 1 saturated heterocycles. The zero-order valence-corrected chi connectivity index (χ0v) is 15.1. The van der Waals surface area contributed by atoms with Gasteiger partial charge in [0, 0.05) is 0 Å². The van der Waals surface area contributed by atoms with Gasteiger partial charge in [0.15, 0.2) is 0 Å². The van der Waals surface area contributed by atoms with E-state index >= 15 is 0 Å². The van der Waals surface area contributed by atoms with Crippen molar-refractivity contribution in [1.82, 2.24) is 5.32 Å². The number of imide groups is 1. The summed E-state index contributed by atoms with van der Waals surface area (Å²) in [6.45, 7) is 3.84. The van der Waals surface area contributed by atoms with Gasteiger partial charge >= 0.3 is 134 Å². The van der Waals surface area contributed by atoms with Gasteiger partial charge in [-0.05, 0) is 0 Å². The van der Waals surface area contributed by atoms with Crippen molar-refractivity contribution in [3.63, 3.8) is 0 Å². The van der Waals surface area contributed by atoms with Crippen molar-refractivity contribution in [3.8, 4) is 0 Å². The number of carbonyl (C=O) groups excluding carboxylic acids is 2. The summed E-state index contributed by atoms with van der Waals surface area (Å²) in [5, 5.41) is 1.90. The summed E-state index contributed by atoms with van der Waals surface area (Å²) in [4.78, 5) is 23.3. The van der Waals surface area contributed by atoms with Crippen LogP contribution in [0.1, 0.15) is 25.7 Å². The average Bonchev–Trinajstić information content (AvgIpc) is 2.64. The molecule has 0 bridgehead atoms. The van der Waals surface area contributed by atoms with Crippen LogP contribution in [-0.4, -0.2) is 27.4 Å². The molecule has 2 atom stereocenters. The Bertz CT molecular complexity index is 501. The normalized spacial score (nSPS) is 29.2. The minimum absolute atomic E-state index is 0.143. The molecule has 20 heavy (non-hydrogen) atoms. The molecule has 0 radical (unpaired) electrons. The van der Waals surface area contributed by atoms with Crippen LogP contribution in [0.5, 0.6) is 0 Å². The molecule has 2 aliphatic rings. The number of hydrogen-bond acceptors (Lipinski definition) is 4. The fraction of sp³-hybridized carbons (Fsp3) is 0.500.